The molecule has 4 aliphatic rings. The van der Waals surface area contributed by atoms with Crippen molar-refractivity contribution in [2.45, 2.75) is 102 Å². The third-order valence-corrected chi connectivity index (χ3v) is 12.8. The average molecular weight is 851 g/mol. The van der Waals surface area contributed by atoms with Gasteiger partial charge in [0.25, 0.3) is 5.91 Å². The molecule has 2 atom stereocenters. The third-order valence-electron chi connectivity index (χ3n) is 12.4. The number of piperazine rings is 1. The van der Waals surface area contributed by atoms with Gasteiger partial charge in [-0.05, 0) is 102 Å². The highest BCUT2D eigenvalue weighted by Gasteiger charge is 2.52. The number of fused-ring (bicyclic) bond motifs is 1. The molecule has 2 aromatic carbocycles. The molecule has 4 fully saturated rings. The van der Waals surface area contributed by atoms with E-state index in [1.54, 1.807) is 24.6 Å². The fourth-order valence-electron chi connectivity index (χ4n) is 9.47. The first-order valence-corrected chi connectivity index (χ1v) is 21.1. The van der Waals surface area contributed by atoms with Crippen molar-refractivity contribution in [3.05, 3.63) is 47.5 Å². The number of amides is 4. The Morgan fingerprint density at radius 2 is 1.77 bits per heavy atom. The number of ether oxygens (including phenoxy) is 1. The molecule has 60 heavy (non-hydrogen) atoms. The Kier molecular flexibility index (Phi) is 12.5. The fraction of sp³-hybridized carbons (Fsp3) is 0.571. The van der Waals surface area contributed by atoms with Crippen LogP contribution in [-0.2, 0) is 27.5 Å². The van der Waals surface area contributed by atoms with E-state index in [1.165, 1.54) is 15.9 Å². The minimum Gasteiger partial charge on any atom is -0.383 e. The van der Waals surface area contributed by atoms with Gasteiger partial charge >= 0.3 is 12.2 Å². The van der Waals surface area contributed by atoms with Gasteiger partial charge in [-0.15, -0.1) is 0 Å². The zero-order valence-corrected chi connectivity index (χ0v) is 35.5. The van der Waals surface area contributed by atoms with E-state index in [0.717, 1.165) is 93.6 Å². The number of rotatable bonds is 12. The van der Waals surface area contributed by atoms with Crippen molar-refractivity contribution >= 4 is 63.3 Å². The third kappa shape index (κ3) is 8.54. The van der Waals surface area contributed by atoms with Crippen LogP contribution in [0.5, 0.6) is 0 Å². The number of urea groups is 1. The van der Waals surface area contributed by atoms with Crippen LogP contribution < -0.4 is 20.4 Å². The highest BCUT2D eigenvalue weighted by atomic mass is 32.1. The van der Waals surface area contributed by atoms with Crippen molar-refractivity contribution in [2.75, 3.05) is 61.0 Å². The molecule has 1 aromatic heterocycles. The summed E-state index contributed by atoms with van der Waals surface area (Å²) in [5, 5.41) is 20.9. The largest absolute Gasteiger partial charge is 0.417 e. The molecule has 3 aliphatic heterocycles. The van der Waals surface area contributed by atoms with Crippen LogP contribution in [0.1, 0.15) is 77.3 Å². The van der Waals surface area contributed by atoms with Gasteiger partial charge in [-0.3, -0.25) is 39.2 Å². The summed E-state index contributed by atoms with van der Waals surface area (Å²) in [6, 6.07) is 11.0. The normalized spacial score (nSPS) is 24.4. The van der Waals surface area contributed by atoms with Crippen molar-refractivity contribution in [1.82, 2.24) is 29.8 Å². The fourth-order valence-corrected chi connectivity index (χ4v) is 10.0. The molecule has 7 rings (SSSR count). The SMILES string of the molecule is C[C@@H]1CN(CCO[C@H]2CC[C@H](N3C(=S)N(c4ccc(C#N)c(C(F)(F)F)c4)C(=O)C3(C)C)CC2)C[C@H](C)N1CCCNc1cccc2c(N3CCC(=O)NC3=O)nn(C)c12. The molecule has 2 N–H and O–H groups in total. The topological polar surface area (TPSA) is 142 Å². The van der Waals surface area contributed by atoms with Gasteiger partial charge in [-0.1, -0.05) is 6.07 Å². The van der Waals surface area contributed by atoms with E-state index in [9.17, 15) is 32.8 Å². The van der Waals surface area contributed by atoms with E-state index < -0.39 is 34.8 Å². The molecule has 4 heterocycles. The summed E-state index contributed by atoms with van der Waals surface area (Å²) in [7, 11) is 1.86. The highest BCUT2D eigenvalue weighted by Crippen LogP contribution is 2.41. The first-order valence-electron chi connectivity index (χ1n) is 20.7. The molecule has 0 spiro atoms. The molecular formula is C42H53F3N10O4S. The number of nitrogens with zero attached hydrogens (tertiary/aromatic N) is 8. The summed E-state index contributed by atoms with van der Waals surface area (Å²) in [6.45, 7) is 13.4. The Labute approximate surface area is 353 Å². The Bertz CT molecular complexity index is 2170. The molecule has 18 heteroatoms. The number of alkyl halides is 3. The number of anilines is 3. The Hall–Kier alpha value is -4.83. The summed E-state index contributed by atoms with van der Waals surface area (Å²) in [5.41, 5.74) is -0.804. The van der Waals surface area contributed by atoms with Gasteiger partial charge in [0.1, 0.15) is 5.54 Å². The molecule has 0 unspecified atom stereocenters. The number of hydrogen-bond acceptors (Lipinski definition) is 10. The molecule has 322 valence electrons. The van der Waals surface area contributed by atoms with E-state index in [0.29, 0.717) is 31.1 Å². The van der Waals surface area contributed by atoms with Crippen LogP contribution in [-0.4, -0.2) is 123 Å². The summed E-state index contributed by atoms with van der Waals surface area (Å²) in [5.74, 6) is -0.139. The summed E-state index contributed by atoms with van der Waals surface area (Å²) in [4.78, 5) is 47.5. The second-order valence-electron chi connectivity index (χ2n) is 16.9. The minimum atomic E-state index is -4.75. The number of thiocarbonyl (C=S) groups is 1. The number of hydrogen-bond donors (Lipinski definition) is 2. The average Bonchev–Trinajstić information content (AvgIpc) is 3.62. The maximum atomic E-state index is 13.8. The summed E-state index contributed by atoms with van der Waals surface area (Å²) in [6.07, 6.45) is -0.471. The Morgan fingerprint density at radius 3 is 2.43 bits per heavy atom. The smallest absolute Gasteiger partial charge is 0.383 e. The van der Waals surface area contributed by atoms with E-state index >= 15 is 0 Å². The van der Waals surface area contributed by atoms with Crippen molar-refractivity contribution in [1.29, 1.82) is 5.26 Å². The first kappa shape index (κ1) is 43.3. The highest BCUT2D eigenvalue weighted by molar-refractivity contribution is 7.80. The maximum Gasteiger partial charge on any atom is 0.417 e. The number of nitrogens with one attached hydrogen (secondary N) is 2. The molecule has 0 radical (unpaired) electrons. The number of nitriles is 1. The van der Waals surface area contributed by atoms with Crippen molar-refractivity contribution in [3.63, 3.8) is 0 Å². The lowest BCUT2D eigenvalue weighted by molar-refractivity contribution is -0.137. The van der Waals surface area contributed by atoms with Gasteiger partial charge in [0.15, 0.2) is 10.9 Å². The van der Waals surface area contributed by atoms with E-state index in [2.05, 4.69) is 39.4 Å². The van der Waals surface area contributed by atoms with Gasteiger partial charge in [0.2, 0.25) is 5.91 Å². The van der Waals surface area contributed by atoms with Gasteiger partial charge in [-0.2, -0.15) is 23.5 Å². The second-order valence-corrected chi connectivity index (χ2v) is 17.2. The maximum absolute atomic E-state index is 13.8. The van der Waals surface area contributed by atoms with E-state index in [-0.39, 0.29) is 35.3 Å². The molecule has 1 aliphatic carbocycles. The lowest BCUT2D eigenvalue weighted by Gasteiger charge is -2.45. The minimum absolute atomic E-state index is 0.00333. The molecule has 4 amide bonds. The van der Waals surface area contributed by atoms with Crippen LogP contribution in [0, 0.1) is 11.3 Å². The van der Waals surface area contributed by atoms with E-state index in [4.69, 9.17) is 17.0 Å². The molecule has 0 bridgehead atoms. The zero-order chi connectivity index (χ0) is 43.1. The van der Waals surface area contributed by atoms with Crippen LogP contribution in [0.25, 0.3) is 10.9 Å². The quantitative estimate of drug-likeness (QED) is 0.168. The van der Waals surface area contributed by atoms with Gasteiger partial charge in [0, 0.05) is 76.2 Å². The van der Waals surface area contributed by atoms with Gasteiger partial charge in [-0.25, -0.2) is 4.79 Å². The predicted octanol–water partition coefficient (Wildman–Crippen LogP) is 5.85. The number of halogens is 3. The Morgan fingerprint density at radius 1 is 1.05 bits per heavy atom. The lowest BCUT2D eigenvalue weighted by Crippen LogP contribution is -2.57. The number of benzene rings is 2. The monoisotopic (exact) mass is 850 g/mol. The van der Waals surface area contributed by atoms with Crippen molar-refractivity contribution in [3.8, 4) is 6.07 Å². The van der Waals surface area contributed by atoms with Crippen LogP contribution in [0.2, 0.25) is 0 Å². The van der Waals surface area contributed by atoms with Crippen LogP contribution in [0.3, 0.4) is 0 Å². The van der Waals surface area contributed by atoms with Crippen LogP contribution >= 0.6 is 12.2 Å². The molecule has 14 nitrogen and oxygen atoms in total. The zero-order valence-electron chi connectivity index (χ0n) is 34.7. The molecule has 3 aromatic rings. The van der Waals surface area contributed by atoms with Crippen LogP contribution in [0.15, 0.2) is 36.4 Å². The molecular weight excluding hydrogens is 798 g/mol. The van der Waals surface area contributed by atoms with Gasteiger partial charge in [0.05, 0.1) is 46.8 Å². The number of aromatic nitrogens is 2. The van der Waals surface area contributed by atoms with Crippen LogP contribution in [0.4, 0.5) is 35.2 Å². The second kappa shape index (κ2) is 17.3. The summed E-state index contributed by atoms with van der Waals surface area (Å²) >= 11 is 5.76. The van der Waals surface area contributed by atoms with Crippen molar-refractivity contribution in [2.24, 2.45) is 7.05 Å². The number of carbonyl (C=O) groups is 3. The first-order chi connectivity index (χ1) is 28.5. The van der Waals surface area contributed by atoms with Gasteiger partial charge < -0.3 is 15.0 Å². The standard InChI is InChI=1S/C42H53F3N10O4S/c1-26-24-51(25-27(2)52(26)18-7-17-47-34-9-6-8-32-36(34)50(5)49-37(32)53-19-16-35(56)48-39(53)58)20-21-59-31-14-12-29(13-15-31)55-40(60)54(38(57)41(55,3)4)30-11-10-28(23-46)33(22-30)42(43,44)45/h6,8-11,22,26-27,29,31,47H,7,12-21,24-25H2,1-5H3,(H,48,56,58)/t26-,27+,29-,31-. The molecule has 3 saturated heterocycles. The summed E-state index contributed by atoms with van der Waals surface area (Å²) < 4.78 is 49.4. The Balaban J connectivity index is 0.849. The molecule has 1 saturated carbocycles. The van der Waals surface area contributed by atoms with Crippen molar-refractivity contribution < 1.29 is 32.3 Å². The predicted molar refractivity (Wildman–Crippen MR) is 226 cm³/mol. The number of para-hydroxylation sites is 1. The lowest BCUT2D eigenvalue weighted by atomic mass is 9.89. The number of aryl methyl sites for hydroxylation is 1. The van der Waals surface area contributed by atoms with E-state index in [1.807, 2.05) is 30.1 Å². The number of imide groups is 1. The number of carbonyl (C=O) groups excluding carboxylic acids is 3.